The Hall–Kier alpha value is 0.788. The Labute approximate surface area is 317 Å². The van der Waals surface area contributed by atoms with E-state index in [4.69, 9.17) is 4.74 Å². The van der Waals surface area contributed by atoms with E-state index in [-0.39, 0.29) is 106 Å². The van der Waals surface area contributed by atoms with Crippen molar-refractivity contribution in [3.8, 4) is 0 Å². The first-order valence-electron chi connectivity index (χ1n) is 15.2. The SMILES string of the molecule is CCCCCCCC([O-])O[C@H](CCCCCCC)CC(=O)[C@H](C)N(Cc1ccccc1)Cc1ccccc1.[I-].[I-].[Sm+3]. The Balaban J connectivity index is 0. The largest absolute Gasteiger partial charge is 3.00 e. The number of rotatable bonds is 22. The fraction of sp³-hybridized carbons (Fsp3) is 0.618. The third-order valence-electron chi connectivity index (χ3n) is 7.42. The van der Waals surface area contributed by atoms with Crippen molar-refractivity contribution < 1.29 is 103 Å². The molecule has 0 aliphatic heterocycles. The number of Topliss-reactive ketones (excluding diaryl/α,β-unsaturated/α-hetero) is 1. The molecule has 0 aliphatic rings. The molecule has 0 aliphatic carbocycles. The molecule has 2 aromatic carbocycles. The van der Waals surface area contributed by atoms with Crippen LogP contribution in [0, 0.1) is 40.4 Å². The monoisotopic (exact) mass is 928 g/mol. The van der Waals surface area contributed by atoms with Gasteiger partial charge in [0, 0.05) is 19.5 Å². The van der Waals surface area contributed by atoms with Gasteiger partial charge in [0.1, 0.15) is 0 Å². The molecule has 0 saturated carbocycles. The maximum Gasteiger partial charge on any atom is 3.00 e. The van der Waals surface area contributed by atoms with Gasteiger partial charge in [-0.25, -0.2) is 0 Å². The predicted octanol–water partition coefficient (Wildman–Crippen LogP) is 1.84. The van der Waals surface area contributed by atoms with E-state index in [9.17, 15) is 9.90 Å². The molecule has 0 aromatic heterocycles. The first kappa shape index (κ1) is 43.9. The van der Waals surface area contributed by atoms with Crippen LogP contribution in [0.1, 0.15) is 115 Å². The van der Waals surface area contributed by atoms with E-state index in [1.165, 1.54) is 49.7 Å². The van der Waals surface area contributed by atoms with Gasteiger partial charge in [0.25, 0.3) is 0 Å². The van der Waals surface area contributed by atoms with Crippen molar-refractivity contribution >= 4 is 5.78 Å². The molecular weight excluding hydrogens is 875 g/mol. The van der Waals surface area contributed by atoms with Crippen LogP contribution in [-0.4, -0.2) is 29.1 Å². The average molecular weight is 927 g/mol. The topological polar surface area (TPSA) is 52.6 Å². The molecule has 7 heteroatoms. The van der Waals surface area contributed by atoms with Crippen LogP contribution < -0.4 is 53.1 Å². The summed E-state index contributed by atoms with van der Waals surface area (Å²) < 4.78 is 6.01. The van der Waals surface area contributed by atoms with Crippen LogP contribution in [0.5, 0.6) is 0 Å². The molecule has 4 nitrogen and oxygen atoms in total. The summed E-state index contributed by atoms with van der Waals surface area (Å²) in [6.07, 6.45) is 11.7. The number of hydrogen-bond acceptors (Lipinski definition) is 4. The summed E-state index contributed by atoms with van der Waals surface area (Å²) in [4.78, 5) is 15.8. The Morgan fingerprint density at radius 1 is 0.732 bits per heavy atom. The second-order valence-corrected chi connectivity index (χ2v) is 10.8. The summed E-state index contributed by atoms with van der Waals surface area (Å²) in [5.41, 5.74) is 2.38. The minimum atomic E-state index is -1.04. The second-order valence-electron chi connectivity index (χ2n) is 10.8. The van der Waals surface area contributed by atoms with Gasteiger partial charge in [-0.2, -0.15) is 0 Å². The summed E-state index contributed by atoms with van der Waals surface area (Å²) in [6.45, 7) is 7.82. The summed E-state index contributed by atoms with van der Waals surface area (Å²) in [7, 11) is 0. The molecule has 1 radical (unpaired) electrons. The molecule has 0 heterocycles. The van der Waals surface area contributed by atoms with Gasteiger partial charge in [-0.15, -0.1) is 0 Å². The Morgan fingerprint density at radius 2 is 1.17 bits per heavy atom. The van der Waals surface area contributed by atoms with Crippen molar-refractivity contribution in [1.29, 1.82) is 0 Å². The van der Waals surface area contributed by atoms with Gasteiger partial charge in [0.2, 0.25) is 0 Å². The molecule has 3 atom stereocenters. The van der Waals surface area contributed by atoms with Crippen molar-refractivity contribution in [2.75, 3.05) is 0 Å². The number of ether oxygens (including phenoxy) is 1. The number of halogens is 2. The van der Waals surface area contributed by atoms with E-state index in [1.54, 1.807) is 0 Å². The Kier molecular flexibility index (Phi) is 30.3. The zero-order valence-corrected chi connectivity index (χ0v) is 32.4. The quantitative estimate of drug-likeness (QED) is 0.103. The molecule has 41 heavy (non-hydrogen) atoms. The second kappa shape index (κ2) is 28.3. The van der Waals surface area contributed by atoms with Gasteiger partial charge in [-0.1, -0.05) is 139 Å². The fourth-order valence-electron chi connectivity index (χ4n) is 4.96. The third kappa shape index (κ3) is 20.4. The van der Waals surface area contributed by atoms with Gasteiger partial charge < -0.3 is 57.8 Å². The van der Waals surface area contributed by atoms with Gasteiger partial charge >= 0.3 is 40.4 Å². The molecule has 0 bridgehead atoms. The maximum atomic E-state index is 13.6. The third-order valence-corrected chi connectivity index (χ3v) is 7.42. The maximum absolute atomic E-state index is 13.6. The van der Waals surface area contributed by atoms with Gasteiger partial charge in [-0.05, 0) is 37.2 Å². The van der Waals surface area contributed by atoms with E-state index in [0.29, 0.717) is 25.9 Å². The molecule has 0 fully saturated rings. The zero-order chi connectivity index (χ0) is 27.4. The predicted molar refractivity (Wildman–Crippen MR) is 157 cm³/mol. The van der Waals surface area contributed by atoms with Gasteiger partial charge in [0.15, 0.2) is 5.78 Å². The number of carbonyl (C=O) groups is 1. The summed E-state index contributed by atoms with van der Waals surface area (Å²) in [5.74, 6) is 0.158. The zero-order valence-electron chi connectivity index (χ0n) is 25.4. The molecule has 0 amide bonds. The number of benzene rings is 2. The normalized spacial score (nSPS) is 12.9. The molecular formula is C34H52I2NO3Sm. The van der Waals surface area contributed by atoms with Crippen molar-refractivity contribution in [3.05, 3.63) is 71.8 Å². The van der Waals surface area contributed by atoms with E-state index >= 15 is 0 Å². The van der Waals surface area contributed by atoms with E-state index in [1.807, 2.05) is 43.3 Å². The number of hydrogen-bond donors (Lipinski definition) is 0. The van der Waals surface area contributed by atoms with Crippen LogP contribution in [0.25, 0.3) is 0 Å². The van der Waals surface area contributed by atoms with Crippen LogP contribution >= 0.6 is 0 Å². The molecule has 231 valence electrons. The van der Waals surface area contributed by atoms with E-state index in [0.717, 1.165) is 32.1 Å². The number of ketones is 1. The first-order chi connectivity index (χ1) is 18.5. The van der Waals surface area contributed by atoms with Crippen LogP contribution in [0.3, 0.4) is 0 Å². The van der Waals surface area contributed by atoms with Crippen LogP contribution in [0.15, 0.2) is 60.7 Å². The van der Waals surface area contributed by atoms with Gasteiger partial charge in [0.05, 0.1) is 12.1 Å². The van der Waals surface area contributed by atoms with Crippen molar-refractivity contribution in [2.45, 2.75) is 136 Å². The van der Waals surface area contributed by atoms with Crippen molar-refractivity contribution in [3.63, 3.8) is 0 Å². The van der Waals surface area contributed by atoms with Gasteiger partial charge in [-0.3, -0.25) is 9.69 Å². The Morgan fingerprint density at radius 3 is 1.63 bits per heavy atom. The van der Waals surface area contributed by atoms with E-state index < -0.39 is 6.29 Å². The molecule has 0 spiro atoms. The Bertz CT molecular complexity index is 818. The minimum absolute atomic E-state index is 0. The van der Waals surface area contributed by atoms with Crippen LogP contribution in [0.4, 0.5) is 0 Å². The summed E-state index contributed by atoms with van der Waals surface area (Å²) in [6, 6.07) is 20.4. The summed E-state index contributed by atoms with van der Waals surface area (Å²) >= 11 is 0. The smallest absolute Gasteiger partial charge is 1.00 e. The van der Waals surface area contributed by atoms with Crippen LogP contribution in [-0.2, 0) is 22.6 Å². The van der Waals surface area contributed by atoms with Crippen LogP contribution in [0.2, 0.25) is 0 Å². The number of nitrogens with zero attached hydrogens (tertiary/aromatic N) is 1. The molecule has 2 aromatic rings. The molecule has 1 unspecified atom stereocenters. The number of carbonyl (C=O) groups excluding carboxylic acids is 1. The average Bonchev–Trinajstić information content (AvgIpc) is 2.93. The fourth-order valence-corrected chi connectivity index (χ4v) is 4.96. The number of unbranched alkanes of at least 4 members (excludes halogenated alkanes) is 8. The summed E-state index contributed by atoms with van der Waals surface area (Å²) in [5, 5.41) is 12.7. The van der Waals surface area contributed by atoms with Crippen molar-refractivity contribution in [2.24, 2.45) is 0 Å². The molecule has 2 rings (SSSR count). The molecule has 0 saturated heterocycles. The first-order valence-corrected chi connectivity index (χ1v) is 15.2. The minimum Gasteiger partial charge on any atom is -1.00 e. The van der Waals surface area contributed by atoms with Crippen molar-refractivity contribution in [1.82, 2.24) is 4.90 Å². The molecule has 0 N–H and O–H groups in total. The van der Waals surface area contributed by atoms with E-state index in [2.05, 4.69) is 43.0 Å². The standard InChI is InChI=1S/C34H52NO3.2HI.Sm/c1-4-6-8-10-18-24-32(38-34(37)25-19-11-9-7-5-2)26-33(36)29(3)35(27-30-20-14-12-15-21-30)28-31-22-16-13-17-23-31;;;/h12-17,20-23,29,32,34H,4-11,18-19,24-28H2,1-3H3;2*1H;/q-1;;;+3/p-2/t29-,32+,34?;;;/m0.../s1.